The van der Waals surface area contributed by atoms with E-state index in [2.05, 4.69) is 16.0 Å². The molecule has 0 aromatic carbocycles. The van der Waals surface area contributed by atoms with Gasteiger partial charge in [0, 0.05) is 12.4 Å². The van der Waals surface area contributed by atoms with Gasteiger partial charge in [0.15, 0.2) is 0 Å². The summed E-state index contributed by atoms with van der Waals surface area (Å²) >= 11 is 1.27. The van der Waals surface area contributed by atoms with Crippen molar-refractivity contribution >= 4 is 11.8 Å². The highest BCUT2D eigenvalue weighted by atomic mass is 32.2. The molecule has 4 nitrogen and oxygen atoms in total. The molecule has 2 heterocycles. The molecule has 0 N–H and O–H groups in total. The fourth-order valence-corrected chi connectivity index (χ4v) is 2.03. The van der Waals surface area contributed by atoms with Crippen LogP contribution in [0.25, 0.3) is 0 Å². The van der Waals surface area contributed by atoms with Crippen LogP contribution in [-0.4, -0.2) is 9.97 Å². The molecule has 2 aromatic heterocycles. The van der Waals surface area contributed by atoms with Crippen molar-refractivity contribution in [1.82, 2.24) is 9.97 Å². The van der Waals surface area contributed by atoms with Crippen LogP contribution in [0.3, 0.4) is 0 Å². The molecule has 2 rings (SSSR count). The van der Waals surface area contributed by atoms with E-state index in [1.165, 1.54) is 11.8 Å². The summed E-state index contributed by atoms with van der Waals surface area (Å²) in [5.41, 5.74) is 1.04. The van der Waals surface area contributed by atoms with Crippen LogP contribution in [0.5, 0.6) is 0 Å². The Morgan fingerprint density at radius 3 is 2.71 bits per heavy atom. The van der Waals surface area contributed by atoms with E-state index in [4.69, 9.17) is 10.5 Å². The summed E-state index contributed by atoms with van der Waals surface area (Å²) in [6.45, 7) is 0. The Balaban J connectivity index is 2.32. The van der Waals surface area contributed by atoms with Crippen LogP contribution >= 0.6 is 11.8 Å². The van der Waals surface area contributed by atoms with Crippen molar-refractivity contribution in [1.29, 1.82) is 10.5 Å². The Morgan fingerprint density at radius 1 is 1.06 bits per heavy atom. The van der Waals surface area contributed by atoms with Gasteiger partial charge in [-0.05, 0) is 36.0 Å². The monoisotopic (exact) mass is 238 g/mol. The molecule has 0 unspecified atom stereocenters. The van der Waals surface area contributed by atoms with Crippen LogP contribution in [-0.2, 0) is 0 Å². The van der Waals surface area contributed by atoms with Crippen molar-refractivity contribution in [3.8, 4) is 12.1 Å². The lowest BCUT2D eigenvalue weighted by Crippen LogP contribution is -1.87. The van der Waals surface area contributed by atoms with Crippen LogP contribution in [0.2, 0.25) is 0 Å². The Labute approximate surface area is 103 Å². The maximum atomic E-state index is 8.92. The van der Waals surface area contributed by atoms with Gasteiger partial charge in [-0.25, -0.2) is 9.97 Å². The van der Waals surface area contributed by atoms with E-state index in [0.29, 0.717) is 21.2 Å². The highest BCUT2D eigenvalue weighted by molar-refractivity contribution is 7.99. The van der Waals surface area contributed by atoms with Crippen molar-refractivity contribution in [3.63, 3.8) is 0 Å². The number of nitrogens with zero attached hydrogens (tertiary/aromatic N) is 4. The van der Waals surface area contributed by atoms with Crippen molar-refractivity contribution in [2.45, 2.75) is 10.1 Å². The molecule has 0 fully saturated rings. The Morgan fingerprint density at radius 2 is 1.94 bits per heavy atom. The van der Waals surface area contributed by atoms with E-state index in [9.17, 15) is 0 Å². The summed E-state index contributed by atoms with van der Waals surface area (Å²) in [5.74, 6) is 0. The molecule has 80 valence electrons. The van der Waals surface area contributed by atoms with Gasteiger partial charge in [0.25, 0.3) is 0 Å². The summed E-state index contributed by atoms with van der Waals surface area (Å²) in [4.78, 5) is 8.24. The second-order valence-electron chi connectivity index (χ2n) is 3.06. The summed E-state index contributed by atoms with van der Waals surface area (Å²) in [6.07, 6.45) is 3.19. The molecule has 0 spiro atoms. The average molecular weight is 238 g/mol. The Hall–Kier alpha value is -2.37. The van der Waals surface area contributed by atoms with Crippen molar-refractivity contribution in [2.24, 2.45) is 0 Å². The summed E-state index contributed by atoms with van der Waals surface area (Å²) in [7, 11) is 0. The molecule has 0 radical (unpaired) electrons. The van der Waals surface area contributed by atoms with Gasteiger partial charge in [0.2, 0.25) is 0 Å². The number of pyridine rings is 2. The molecule has 5 heteroatoms. The van der Waals surface area contributed by atoms with Crippen LogP contribution in [0, 0.1) is 22.7 Å². The molecule has 0 atom stereocenters. The highest BCUT2D eigenvalue weighted by Crippen LogP contribution is 2.26. The van der Waals surface area contributed by atoms with Crippen LogP contribution in [0.15, 0.2) is 46.7 Å². The molecule has 0 amide bonds. The SMILES string of the molecule is N#Cc1ccnc(Sc2ncccc2C#N)c1. The van der Waals surface area contributed by atoms with E-state index in [1.807, 2.05) is 6.07 Å². The van der Waals surface area contributed by atoms with Gasteiger partial charge in [-0.15, -0.1) is 0 Å². The largest absolute Gasteiger partial charge is 0.249 e. The smallest absolute Gasteiger partial charge is 0.120 e. The number of hydrogen-bond acceptors (Lipinski definition) is 5. The van der Waals surface area contributed by atoms with Crippen LogP contribution < -0.4 is 0 Å². The zero-order valence-corrected chi connectivity index (χ0v) is 9.48. The molecular formula is C12H6N4S. The van der Waals surface area contributed by atoms with Gasteiger partial charge < -0.3 is 0 Å². The van der Waals surface area contributed by atoms with E-state index < -0.39 is 0 Å². The third-order valence-corrected chi connectivity index (χ3v) is 2.91. The van der Waals surface area contributed by atoms with Gasteiger partial charge in [-0.2, -0.15) is 10.5 Å². The lowest BCUT2D eigenvalue weighted by atomic mass is 10.3. The molecule has 0 aliphatic rings. The standard InChI is InChI=1S/C12H6N4S/c13-7-9-3-5-15-11(6-9)17-12-10(8-14)2-1-4-16-12/h1-6H. The zero-order chi connectivity index (χ0) is 12.1. The topological polar surface area (TPSA) is 73.4 Å². The lowest BCUT2D eigenvalue weighted by molar-refractivity contribution is 1.08. The summed E-state index contributed by atoms with van der Waals surface area (Å²) in [5, 5.41) is 18.9. The number of aromatic nitrogens is 2. The number of rotatable bonds is 2. The normalized spacial score (nSPS) is 9.29. The van der Waals surface area contributed by atoms with Gasteiger partial charge in [-0.1, -0.05) is 0 Å². The van der Waals surface area contributed by atoms with Gasteiger partial charge in [0.1, 0.15) is 16.1 Å². The molecule has 0 bridgehead atoms. The van der Waals surface area contributed by atoms with Crippen molar-refractivity contribution in [3.05, 3.63) is 47.8 Å². The first kappa shape index (κ1) is 11.1. The Kier molecular flexibility index (Phi) is 3.34. The molecule has 2 aromatic rings. The minimum absolute atomic E-state index is 0.502. The molecule has 0 saturated heterocycles. The van der Waals surface area contributed by atoms with Gasteiger partial charge in [-0.3, -0.25) is 0 Å². The molecular weight excluding hydrogens is 232 g/mol. The molecule has 0 saturated carbocycles. The Bertz CT molecular complexity index is 625. The van der Waals surface area contributed by atoms with E-state index in [-0.39, 0.29) is 0 Å². The van der Waals surface area contributed by atoms with E-state index in [0.717, 1.165) is 0 Å². The fraction of sp³-hybridized carbons (Fsp3) is 0. The highest BCUT2D eigenvalue weighted by Gasteiger charge is 2.06. The summed E-state index contributed by atoms with van der Waals surface area (Å²) < 4.78 is 0. The average Bonchev–Trinajstić information content (AvgIpc) is 2.39. The summed E-state index contributed by atoms with van der Waals surface area (Å²) in [6, 6.07) is 10.8. The van der Waals surface area contributed by atoms with Crippen molar-refractivity contribution < 1.29 is 0 Å². The fourth-order valence-electron chi connectivity index (χ4n) is 1.19. The quantitative estimate of drug-likeness (QED) is 0.803. The minimum atomic E-state index is 0.502. The van der Waals surface area contributed by atoms with E-state index >= 15 is 0 Å². The maximum absolute atomic E-state index is 8.92. The van der Waals surface area contributed by atoms with Crippen LogP contribution in [0.4, 0.5) is 0 Å². The predicted octanol–water partition coefficient (Wildman–Crippen LogP) is 2.37. The first-order chi connectivity index (χ1) is 8.33. The first-order valence-corrected chi connectivity index (χ1v) is 5.54. The lowest BCUT2D eigenvalue weighted by Gasteiger charge is -2.01. The third kappa shape index (κ3) is 2.60. The van der Waals surface area contributed by atoms with Gasteiger partial charge in [0.05, 0.1) is 17.2 Å². The van der Waals surface area contributed by atoms with Crippen LogP contribution in [0.1, 0.15) is 11.1 Å². The predicted molar refractivity (Wildman–Crippen MR) is 62.0 cm³/mol. The molecule has 17 heavy (non-hydrogen) atoms. The zero-order valence-electron chi connectivity index (χ0n) is 8.66. The maximum Gasteiger partial charge on any atom is 0.120 e. The van der Waals surface area contributed by atoms with Crippen molar-refractivity contribution in [2.75, 3.05) is 0 Å². The van der Waals surface area contributed by atoms with E-state index in [1.54, 1.807) is 36.7 Å². The van der Waals surface area contributed by atoms with Gasteiger partial charge >= 0.3 is 0 Å². The number of hydrogen-bond donors (Lipinski definition) is 0. The molecule has 0 aliphatic heterocycles. The second kappa shape index (κ2) is 5.11. The first-order valence-electron chi connectivity index (χ1n) is 4.72. The second-order valence-corrected chi connectivity index (χ2v) is 4.07. The number of nitriles is 2. The molecule has 0 aliphatic carbocycles. The third-order valence-electron chi connectivity index (χ3n) is 1.96. The minimum Gasteiger partial charge on any atom is -0.249 e.